The minimum Gasteiger partial charge on any atom is -0.481 e. The quantitative estimate of drug-likeness (QED) is 0.413. The van der Waals surface area contributed by atoms with Gasteiger partial charge >= 0.3 is 0 Å². The minimum absolute atomic E-state index is 0.00924. The predicted octanol–water partition coefficient (Wildman–Crippen LogP) is 5.50. The molecular formula is C27H30F3N5O2. The Morgan fingerprint density at radius 1 is 1.19 bits per heavy atom. The highest BCUT2D eigenvalue weighted by Crippen LogP contribution is 2.43. The number of aromatic nitrogens is 2. The van der Waals surface area contributed by atoms with Crippen molar-refractivity contribution in [1.82, 2.24) is 9.97 Å². The summed E-state index contributed by atoms with van der Waals surface area (Å²) in [6.45, 7) is 8.42. The van der Waals surface area contributed by atoms with Crippen molar-refractivity contribution in [1.29, 1.82) is 0 Å². The smallest absolute Gasteiger partial charge is 0.227 e. The summed E-state index contributed by atoms with van der Waals surface area (Å²) < 4.78 is 50.5. The summed E-state index contributed by atoms with van der Waals surface area (Å²) in [5, 5.41) is 2.85. The minimum atomic E-state index is -0.731. The fourth-order valence-electron chi connectivity index (χ4n) is 4.29. The highest BCUT2D eigenvalue weighted by Gasteiger charge is 2.36. The lowest BCUT2D eigenvalue weighted by Crippen LogP contribution is -2.50. The number of rotatable bonds is 8. The molecule has 1 aliphatic rings. The lowest BCUT2D eigenvalue weighted by atomic mass is 10.00. The Kier molecular flexibility index (Phi) is 7.29. The first-order valence-electron chi connectivity index (χ1n) is 12.1. The number of nitrogens with two attached hydrogens (primary N) is 1. The molecule has 1 aromatic heterocycles. The third kappa shape index (κ3) is 5.79. The van der Waals surface area contributed by atoms with Crippen molar-refractivity contribution in [3.63, 3.8) is 0 Å². The zero-order valence-electron chi connectivity index (χ0n) is 21.2. The standard InChI is InChI=1S/C27H30F3N5O2/c1-5-15(2)35-14-27(3,4)37-25-20(29)10-17(11-22(25)35)24-21(30)13-32-26(34-24)33-18-8-6-16(19(28)12-18)7-9-23(31)36/h6,8,10-13,15H,5,7,9,14H2,1-4H3,(H2,31,36)(H,32,33,34). The third-order valence-corrected chi connectivity index (χ3v) is 6.35. The van der Waals surface area contributed by atoms with Crippen LogP contribution in [-0.2, 0) is 11.2 Å². The van der Waals surface area contributed by atoms with E-state index in [2.05, 4.69) is 20.2 Å². The lowest BCUT2D eigenvalue weighted by Gasteiger charge is -2.44. The van der Waals surface area contributed by atoms with E-state index in [0.29, 0.717) is 23.5 Å². The lowest BCUT2D eigenvalue weighted by molar-refractivity contribution is -0.118. The van der Waals surface area contributed by atoms with E-state index >= 15 is 4.39 Å². The first-order chi connectivity index (χ1) is 17.5. The maximum atomic E-state index is 15.3. The van der Waals surface area contributed by atoms with E-state index < -0.39 is 29.0 Å². The van der Waals surface area contributed by atoms with Crippen molar-refractivity contribution in [2.45, 2.75) is 58.6 Å². The summed E-state index contributed by atoms with van der Waals surface area (Å²) >= 11 is 0. The average Bonchev–Trinajstić information content (AvgIpc) is 2.83. The number of ether oxygens (including phenoxy) is 1. The molecule has 0 saturated carbocycles. The number of nitrogens with zero attached hydrogens (tertiary/aromatic N) is 3. The van der Waals surface area contributed by atoms with Crippen LogP contribution < -0.4 is 20.7 Å². The second-order valence-electron chi connectivity index (χ2n) is 9.84. The van der Waals surface area contributed by atoms with Crippen LogP contribution in [0.15, 0.2) is 36.5 Å². The van der Waals surface area contributed by atoms with Crippen LogP contribution in [0, 0.1) is 17.5 Å². The topological polar surface area (TPSA) is 93.4 Å². The Morgan fingerprint density at radius 2 is 1.95 bits per heavy atom. The molecule has 0 aliphatic carbocycles. The predicted molar refractivity (Wildman–Crippen MR) is 136 cm³/mol. The molecule has 0 radical (unpaired) electrons. The summed E-state index contributed by atoms with van der Waals surface area (Å²) in [7, 11) is 0. The molecule has 1 atom stereocenters. The molecule has 2 aromatic carbocycles. The van der Waals surface area contributed by atoms with Gasteiger partial charge in [-0.1, -0.05) is 13.0 Å². The highest BCUT2D eigenvalue weighted by molar-refractivity contribution is 5.74. The van der Waals surface area contributed by atoms with Gasteiger partial charge < -0.3 is 20.7 Å². The van der Waals surface area contributed by atoms with Crippen molar-refractivity contribution < 1.29 is 22.7 Å². The SMILES string of the molecule is CCC(C)N1CC(C)(C)Oc2c(F)cc(-c3nc(Nc4ccc(CCC(N)=O)c(F)c4)ncc3F)cc21. The number of amides is 1. The molecule has 1 unspecified atom stereocenters. The molecule has 0 saturated heterocycles. The Morgan fingerprint density at radius 3 is 2.62 bits per heavy atom. The van der Waals surface area contributed by atoms with Gasteiger partial charge in [0.15, 0.2) is 17.4 Å². The molecule has 37 heavy (non-hydrogen) atoms. The second-order valence-corrected chi connectivity index (χ2v) is 9.84. The molecule has 10 heteroatoms. The molecular weight excluding hydrogens is 483 g/mol. The van der Waals surface area contributed by atoms with Crippen LogP contribution in [0.2, 0.25) is 0 Å². The van der Waals surface area contributed by atoms with E-state index in [4.69, 9.17) is 10.5 Å². The summed E-state index contributed by atoms with van der Waals surface area (Å²) in [6, 6.07) is 7.30. The van der Waals surface area contributed by atoms with E-state index in [1.54, 1.807) is 12.1 Å². The molecule has 0 spiro atoms. The number of primary amides is 1. The van der Waals surface area contributed by atoms with Crippen molar-refractivity contribution in [2.24, 2.45) is 5.73 Å². The van der Waals surface area contributed by atoms with Gasteiger partial charge in [0, 0.05) is 23.7 Å². The number of carbonyl (C=O) groups is 1. The van der Waals surface area contributed by atoms with Gasteiger partial charge in [0.1, 0.15) is 17.1 Å². The van der Waals surface area contributed by atoms with E-state index in [9.17, 15) is 13.6 Å². The maximum absolute atomic E-state index is 15.3. The average molecular weight is 514 g/mol. The van der Waals surface area contributed by atoms with Crippen LogP contribution in [0.5, 0.6) is 5.75 Å². The summed E-state index contributed by atoms with van der Waals surface area (Å²) in [5.74, 6) is -2.26. The van der Waals surface area contributed by atoms with Crippen molar-refractivity contribution in [2.75, 3.05) is 16.8 Å². The van der Waals surface area contributed by atoms with Gasteiger partial charge in [-0.15, -0.1) is 0 Å². The number of fused-ring (bicyclic) bond motifs is 1. The fourth-order valence-corrected chi connectivity index (χ4v) is 4.29. The number of hydrogen-bond donors (Lipinski definition) is 2. The van der Waals surface area contributed by atoms with Crippen LogP contribution in [0.3, 0.4) is 0 Å². The molecule has 1 amide bonds. The van der Waals surface area contributed by atoms with E-state index in [1.165, 1.54) is 18.2 Å². The Balaban J connectivity index is 1.67. The molecule has 0 bridgehead atoms. The van der Waals surface area contributed by atoms with E-state index in [1.807, 2.05) is 27.7 Å². The first kappa shape index (κ1) is 26.2. The number of aryl methyl sites for hydroxylation is 1. The Bertz CT molecular complexity index is 1330. The Labute approximate surface area is 213 Å². The molecule has 1 aliphatic heterocycles. The van der Waals surface area contributed by atoms with Gasteiger partial charge in [-0.2, -0.15) is 0 Å². The van der Waals surface area contributed by atoms with Gasteiger partial charge in [0.05, 0.1) is 18.4 Å². The summed E-state index contributed by atoms with van der Waals surface area (Å²) in [5.41, 5.74) is 5.85. The van der Waals surface area contributed by atoms with Crippen LogP contribution >= 0.6 is 0 Å². The van der Waals surface area contributed by atoms with E-state index in [0.717, 1.165) is 12.6 Å². The third-order valence-electron chi connectivity index (χ3n) is 6.35. The normalized spacial score (nSPS) is 15.1. The number of benzene rings is 2. The Hall–Kier alpha value is -3.82. The number of carbonyl (C=O) groups excluding carboxylic acids is 1. The van der Waals surface area contributed by atoms with Crippen molar-refractivity contribution in [3.8, 4) is 17.0 Å². The van der Waals surface area contributed by atoms with E-state index in [-0.39, 0.29) is 41.8 Å². The van der Waals surface area contributed by atoms with Crippen molar-refractivity contribution >= 4 is 23.2 Å². The number of nitrogens with one attached hydrogen (secondary N) is 1. The van der Waals surface area contributed by atoms with Gasteiger partial charge in [-0.05, 0) is 63.4 Å². The molecule has 2 heterocycles. The number of anilines is 3. The largest absolute Gasteiger partial charge is 0.481 e. The molecule has 4 rings (SSSR count). The second kappa shape index (κ2) is 10.3. The van der Waals surface area contributed by atoms with Crippen LogP contribution in [0.4, 0.5) is 30.5 Å². The van der Waals surface area contributed by atoms with Crippen LogP contribution in [-0.4, -0.2) is 34.1 Å². The zero-order valence-corrected chi connectivity index (χ0v) is 21.2. The van der Waals surface area contributed by atoms with Crippen molar-refractivity contribution in [3.05, 3.63) is 59.5 Å². The molecule has 196 valence electrons. The molecule has 0 fully saturated rings. The summed E-state index contributed by atoms with van der Waals surface area (Å²) in [4.78, 5) is 21.2. The zero-order chi connectivity index (χ0) is 26.9. The summed E-state index contributed by atoms with van der Waals surface area (Å²) in [6.07, 6.45) is 2.01. The highest BCUT2D eigenvalue weighted by atomic mass is 19.1. The first-order valence-corrected chi connectivity index (χ1v) is 12.1. The molecule has 3 N–H and O–H groups in total. The van der Waals surface area contributed by atoms with Gasteiger partial charge in [0.25, 0.3) is 0 Å². The molecule has 7 nitrogen and oxygen atoms in total. The number of halogens is 3. The van der Waals surface area contributed by atoms with Crippen LogP contribution in [0.1, 0.15) is 46.1 Å². The fraction of sp³-hybridized carbons (Fsp3) is 0.370. The van der Waals surface area contributed by atoms with Gasteiger partial charge in [0.2, 0.25) is 11.9 Å². The molecule has 3 aromatic rings. The van der Waals surface area contributed by atoms with Gasteiger partial charge in [-0.3, -0.25) is 4.79 Å². The maximum Gasteiger partial charge on any atom is 0.227 e. The van der Waals surface area contributed by atoms with Crippen LogP contribution in [0.25, 0.3) is 11.3 Å². The van der Waals surface area contributed by atoms with Gasteiger partial charge in [-0.25, -0.2) is 23.1 Å². The monoisotopic (exact) mass is 513 g/mol. The number of hydrogen-bond acceptors (Lipinski definition) is 6.